The van der Waals surface area contributed by atoms with Gasteiger partial charge >= 0.3 is 6.18 Å². The number of aromatic nitrogens is 1. The van der Waals surface area contributed by atoms with Crippen LogP contribution in [-0.4, -0.2) is 24.0 Å². The number of nitrogens with zero attached hydrogens (tertiary/aromatic N) is 2. The van der Waals surface area contributed by atoms with Crippen LogP contribution in [0.2, 0.25) is 2.82 Å². The Labute approximate surface area is 108 Å². The first-order valence-corrected chi connectivity index (χ1v) is 3.91. The molecule has 0 saturated carbocycles. The van der Waals surface area contributed by atoms with Crippen LogP contribution in [0.1, 0.15) is 25.8 Å². The highest BCUT2D eigenvalue weighted by molar-refractivity contribution is 5.41. The van der Waals surface area contributed by atoms with Crippen LogP contribution in [-0.2, 0) is 6.18 Å². The highest BCUT2D eigenvalue weighted by Gasteiger charge is 2.33. The number of hydrogen-bond acceptors (Lipinski definition) is 3. The summed E-state index contributed by atoms with van der Waals surface area (Å²) in [5, 5.41) is 0. The second-order valence-electron chi connectivity index (χ2n) is 2.69. The molecule has 0 aliphatic carbocycles. The lowest BCUT2D eigenvalue weighted by molar-refractivity contribution is -0.141. The molecule has 0 unspecified atom stereocenters. The predicted molar refractivity (Wildman–Crippen MR) is 54.0 cm³/mol. The van der Waals surface area contributed by atoms with E-state index < -0.39 is 71.8 Å². The average Bonchev–Trinajstić information content (AvgIpc) is 2.59. The van der Waals surface area contributed by atoms with Crippen LogP contribution in [0.25, 0.3) is 0 Å². The first kappa shape index (κ1) is 3.60. The van der Waals surface area contributed by atoms with Gasteiger partial charge in [-0.05, 0) is 18.5 Å². The van der Waals surface area contributed by atoms with Crippen molar-refractivity contribution in [3.05, 3.63) is 23.8 Å². The van der Waals surface area contributed by atoms with E-state index >= 15 is 0 Å². The van der Waals surface area contributed by atoms with Crippen LogP contribution < -0.4 is 10.6 Å². The SMILES string of the molecule is [2H]c1c(N2C([2H])([2H])C([2H])([2H])[C@@]([2H])(N([2H])[2H])C2([2H])[2H])nc(C(F)(F)F)c([2H])c1[2H]. The summed E-state index contributed by atoms with van der Waals surface area (Å²) < 4.78 is 132. The lowest BCUT2D eigenvalue weighted by Crippen LogP contribution is -2.27. The number of pyridine rings is 1. The van der Waals surface area contributed by atoms with Gasteiger partial charge in [-0.25, -0.2) is 4.98 Å². The maximum atomic E-state index is 13.1. The Morgan fingerprint density at radius 1 is 1.69 bits per heavy atom. The van der Waals surface area contributed by atoms with Crippen molar-refractivity contribution in [2.24, 2.45) is 5.72 Å². The van der Waals surface area contributed by atoms with E-state index in [0.29, 0.717) is 0 Å². The number of rotatable bonds is 2. The Balaban J connectivity index is 2.94. The van der Waals surface area contributed by atoms with E-state index in [-0.39, 0.29) is 0 Å². The van der Waals surface area contributed by atoms with E-state index in [1.165, 1.54) is 0 Å². The third kappa shape index (κ3) is 2.27. The van der Waals surface area contributed by atoms with Crippen LogP contribution in [0.3, 0.4) is 0 Å². The van der Waals surface area contributed by atoms with Crippen LogP contribution in [0.5, 0.6) is 0 Å². The fourth-order valence-corrected chi connectivity index (χ4v) is 0.925. The van der Waals surface area contributed by atoms with Crippen molar-refractivity contribution >= 4 is 5.82 Å². The molecule has 2 heterocycles. The summed E-state index contributed by atoms with van der Waals surface area (Å²) in [5.74, 6) is -1.48. The van der Waals surface area contributed by atoms with Gasteiger partial charge < -0.3 is 10.6 Å². The molecule has 1 fully saturated rings. The van der Waals surface area contributed by atoms with Crippen molar-refractivity contribution in [1.82, 2.24) is 4.98 Å². The number of nitrogens with two attached hydrogens (primary N) is 1. The normalized spacial score (nSPS) is 46.6. The van der Waals surface area contributed by atoms with E-state index in [1.807, 2.05) is 0 Å². The Bertz CT molecular complexity index is 813. The van der Waals surface area contributed by atoms with Gasteiger partial charge in [-0.15, -0.1) is 0 Å². The zero-order valence-corrected chi connectivity index (χ0v) is 7.48. The fourth-order valence-electron chi connectivity index (χ4n) is 0.925. The minimum atomic E-state index is -5.33. The van der Waals surface area contributed by atoms with Gasteiger partial charge in [0.05, 0.1) is 6.85 Å². The van der Waals surface area contributed by atoms with E-state index in [0.717, 1.165) is 0 Å². The van der Waals surface area contributed by atoms with E-state index in [9.17, 15) is 13.2 Å². The minimum absolute atomic E-state index is 0.391. The first-order valence-electron chi connectivity index (χ1n) is 9.80. The molecule has 1 aliphatic heterocycles. The van der Waals surface area contributed by atoms with E-state index in [1.54, 1.807) is 0 Å². The molecular formula is C10H12F3N3. The monoisotopic (exact) mass is 243 g/mol. The van der Waals surface area contributed by atoms with Crippen molar-refractivity contribution in [3.8, 4) is 0 Å². The highest BCUT2D eigenvalue weighted by atomic mass is 19.4. The Morgan fingerprint density at radius 3 is 3.12 bits per heavy atom. The molecule has 1 aliphatic rings. The summed E-state index contributed by atoms with van der Waals surface area (Å²) >= 11 is 0. The van der Waals surface area contributed by atoms with Crippen LogP contribution in [0.4, 0.5) is 19.0 Å². The molecule has 0 spiro atoms. The summed E-state index contributed by atoms with van der Waals surface area (Å²) in [6.45, 7) is -7.36. The zero-order valence-electron chi connectivity index (χ0n) is 19.5. The van der Waals surface area contributed by atoms with Crippen molar-refractivity contribution in [2.75, 3.05) is 17.9 Å². The molecule has 0 radical (unpaired) electrons. The van der Waals surface area contributed by atoms with Crippen molar-refractivity contribution in [1.29, 1.82) is 0 Å². The van der Waals surface area contributed by atoms with Gasteiger partial charge in [0.2, 0.25) is 0 Å². The fraction of sp³-hybridized carbons (Fsp3) is 0.500. The molecule has 3 nitrogen and oxygen atoms in total. The molecule has 0 bridgehead atoms. The van der Waals surface area contributed by atoms with Gasteiger partial charge in [0.25, 0.3) is 0 Å². The topological polar surface area (TPSA) is 42.1 Å². The molecule has 6 heteroatoms. The summed E-state index contributed by atoms with van der Waals surface area (Å²) in [6, 6.07) is -7.84. The smallest absolute Gasteiger partial charge is 0.355 e. The quantitative estimate of drug-likeness (QED) is 0.858. The highest BCUT2D eigenvalue weighted by Crippen LogP contribution is 2.29. The minimum Gasteiger partial charge on any atom is -0.355 e. The van der Waals surface area contributed by atoms with Gasteiger partial charge in [-0.3, -0.25) is 0 Å². The number of anilines is 1. The van der Waals surface area contributed by atoms with Gasteiger partial charge in [-0.1, -0.05) is 6.04 Å². The van der Waals surface area contributed by atoms with Crippen molar-refractivity contribution in [3.63, 3.8) is 0 Å². The molecule has 88 valence electrons. The summed E-state index contributed by atoms with van der Waals surface area (Å²) in [5.41, 5.74) is -2.80. The first-order chi connectivity index (χ1) is 12.3. The molecule has 1 atom stereocenters. The number of hydrogen-bond donors (Lipinski definition) is 1. The average molecular weight is 243 g/mol. The molecule has 1 aromatic heterocycles. The standard InChI is InChI=1S/C10H12F3N3/c11-10(12,13)8-2-1-3-9(15-8)16-5-4-7(14)6-16/h1-3,7H,4-6,14H2/t7-/m1/s1/i1D,2D,3D,4D2,5D2,6D2,7D/hD2. The lowest BCUT2D eigenvalue weighted by Gasteiger charge is -2.17. The predicted octanol–water partition coefficient (Wildman–Crippen LogP) is 1.64. The Kier molecular flexibility index (Phi) is 0.884. The van der Waals surface area contributed by atoms with Crippen LogP contribution in [0, 0.1) is 0 Å². The largest absolute Gasteiger partial charge is 0.433 e. The second kappa shape index (κ2) is 3.93. The summed E-state index contributed by atoms with van der Waals surface area (Å²) in [4.78, 5) is 2.51. The lowest BCUT2D eigenvalue weighted by atomic mass is 10.3. The van der Waals surface area contributed by atoms with Crippen molar-refractivity contribution in [2.45, 2.75) is 18.6 Å². The van der Waals surface area contributed by atoms with Gasteiger partial charge in [0.15, 0.2) is 0 Å². The molecule has 1 saturated heterocycles. The number of halogens is 3. The van der Waals surface area contributed by atoms with Crippen molar-refractivity contribution < 1.29 is 29.7 Å². The molecule has 1 aromatic rings. The summed E-state index contributed by atoms with van der Waals surface area (Å²) in [7, 11) is 0. The Hall–Kier alpha value is -1.30. The third-order valence-corrected chi connectivity index (χ3v) is 1.56. The maximum absolute atomic E-state index is 13.1. The molecule has 0 amide bonds. The second-order valence-corrected chi connectivity index (χ2v) is 2.69. The molecule has 16 heavy (non-hydrogen) atoms. The van der Waals surface area contributed by atoms with Crippen LogP contribution in [0.15, 0.2) is 18.1 Å². The van der Waals surface area contributed by atoms with E-state index in [4.69, 9.17) is 16.5 Å². The molecule has 0 aromatic carbocycles. The van der Waals surface area contributed by atoms with Gasteiger partial charge in [-0.2, -0.15) is 13.2 Å². The van der Waals surface area contributed by atoms with E-state index in [2.05, 4.69) is 4.98 Å². The maximum Gasteiger partial charge on any atom is 0.433 e. The summed E-state index contributed by atoms with van der Waals surface area (Å²) in [6.07, 6.45) is -9.01. The van der Waals surface area contributed by atoms with Gasteiger partial charge in [0, 0.05) is 25.9 Å². The van der Waals surface area contributed by atoms with Gasteiger partial charge in [0.1, 0.15) is 14.3 Å². The molecule has 2 rings (SSSR count). The third-order valence-electron chi connectivity index (χ3n) is 1.56. The zero-order chi connectivity index (χ0) is 22.2. The molecular weight excluding hydrogens is 219 g/mol. The Morgan fingerprint density at radius 2 is 2.50 bits per heavy atom. The number of alkyl halides is 3. The van der Waals surface area contributed by atoms with Crippen LogP contribution >= 0.6 is 0 Å². The molecule has 2 N–H and O–H groups in total.